The van der Waals surface area contributed by atoms with Crippen LogP contribution in [0.25, 0.3) is 0 Å². The molecule has 1 aromatic rings. The van der Waals surface area contributed by atoms with Gasteiger partial charge in [0.15, 0.2) is 0 Å². The second-order valence-corrected chi connectivity index (χ2v) is 6.01. The second kappa shape index (κ2) is 5.96. The molecular formula is C14H20BrFO. The van der Waals surface area contributed by atoms with Crippen molar-refractivity contribution in [2.75, 3.05) is 0 Å². The van der Waals surface area contributed by atoms with Crippen LogP contribution in [0.15, 0.2) is 22.7 Å². The third-order valence-electron chi connectivity index (χ3n) is 3.20. The number of rotatable bonds is 4. The topological polar surface area (TPSA) is 20.2 Å². The van der Waals surface area contributed by atoms with Gasteiger partial charge in [-0.2, -0.15) is 0 Å². The molecule has 0 spiro atoms. The zero-order valence-electron chi connectivity index (χ0n) is 10.7. The lowest BCUT2D eigenvalue weighted by molar-refractivity contribution is 0.0496. The van der Waals surface area contributed by atoms with Gasteiger partial charge in [-0.25, -0.2) is 4.39 Å². The molecule has 1 rings (SSSR count). The van der Waals surface area contributed by atoms with Gasteiger partial charge in [0, 0.05) is 5.56 Å². The quantitative estimate of drug-likeness (QED) is 0.865. The summed E-state index contributed by atoms with van der Waals surface area (Å²) in [5.41, 5.74) is 0.381. The Morgan fingerprint density at radius 1 is 1.12 bits per heavy atom. The molecule has 17 heavy (non-hydrogen) atoms. The van der Waals surface area contributed by atoms with Crippen molar-refractivity contribution >= 4 is 15.9 Å². The first-order chi connectivity index (χ1) is 7.86. The Labute approximate surface area is 111 Å². The lowest BCUT2D eigenvalue weighted by Gasteiger charge is -2.30. The Hall–Kier alpha value is -0.410. The van der Waals surface area contributed by atoms with E-state index in [-0.39, 0.29) is 11.7 Å². The predicted molar refractivity (Wildman–Crippen MR) is 72.2 cm³/mol. The molecule has 0 radical (unpaired) electrons. The van der Waals surface area contributed by atoms with Crippen molar-refractivity contribution in [1.82, 2.24) is 0 Å². The summed E-state index contributed by atoms with van der Waals surface area (Å²) in [6.07, 6.45) is -0.757. The zero-order chi connectivity index (χ0) is 13.2. The number of aliphatic hydroxyl groups excluding tert-OH is 1. The normalized spacial score (nSPS) is 13.8. The van der Waals surface area contributed by atoms with Crippen LogP contribution in [0.3, 0.4) is 0 Å². The molecule has 0 saturated heterocycles. The molecule has 1 atom stereocenters. The van der Waals surface area contributed by atoms with E-state index in [9.17, 15) is 9.50 Å². The van der Waals surface area contributed by atoms with E-state index in [1.165, 1.54) is 0 Å². The fraction of sp³-hybridized carbons (Fsp3) is 0.571. The fourth-order valence-electron chi connectivity index (χ4n) is 2.46. The smallest absolute Gasteiger partial charge is 0.143 e. The first-order valence-corrected chi connectivity index (χ1v) is 6.77. The highest BCUT2D eigenvalue weighted by molar-refractivity contribution is 9.10. The zero-order valence-corrected chi connectivity index (χ0v) is 12.3. The fourth-order valence-corrected chi connectivity index (χ4v) is 2.84. The van der Waals surface area contributed by atoms with Gasteiger partial charge in [0.2, 0.25) is 0 Å². The van der Waals surface area contributed by atoms with Gasteiger partial charge in [-0.05, 0) is 39.8 Å². The number of hydrogen-bond donors (Lipinski definition) is 1. The summed E-state index contributed by atoms with van der Waals surface area (Å²) in [6.45, 7) is 8.24. The maximum Gasteiger partial charge on any atom is 0.143 e. The monoisotopic (exact) mass is 302 g/mol. The number of hydrogen-bond acceptors (Lipinski definition) is 1. The number of benzene rings is 1. The van der Waals surface area contributed by atoms with Crippen LogP contribution in [0.5, 0.6) is 0 Å². The number of aliphatic hydroxyl groups is 1. The van der Waals surface area contributed by atoms with E-state index in [1.54, 1.807) is 18.2 Å². The average molecular weight is 303 g/mol. The van der Waals surface area contributed by atoms with Crippen LogP contribution in [0.1, 0.15) is 39.4 Å². The van der Waals surface area contributed by atoms with Crippen LogP contribution in [-0.4, -0.2) is 5.11 Å². The largest absolute Gasteiger partial charge is 0.388 e. The van der Waals surface area contributed by atoms with Crippen molar-refractivity contribution in [2.24, 2.45) is 17.8 Å². The summed E-state index contributed by atoms with van der Waals surface area (Å²) in [5, 5.41) is 10.4. The predicted octanol–water partition coefficient (Wildman–Crippen LogP) is 4.55. The Kier molecular flexibility index (Phi) is 5.14. The molecule has 0 amide bonds. The van der Waals surface area contributed by atoms with Crippen LogP contribution in [0, 0.1) is 23.6 Å². The lowest BCUT2D eigenvalue weighted by atomic mass is 9.79. The van der Waals surface area contributed by atoms with Crippen LogP contribution >= 0.6 is 15.9 Å². The molecule has 0 aliphatic carbocycles. The van der Waals surface area contributed by atoms with Crippen LogP contribution in [0.4, 0.5) is 4.39 Å². The van der Waals surface area contributed by atoms with Crippen molar-refractivity contribution < 1.29 is 9.50 Å². The molecule has 3 heteroatoms. The van der Waals surface area contributed by atoms with Gasteiger partial charge < -0.3 is 5.11 Å². The van der Waals surface area contributed by atoms with E-state index < -0.39 is 6.10 Å². The van der Waals surface area contributed by atoms with Crippen molar-refractivity contribution in [1.29, 1.82) is 0 Å². The average Bonchev–Trinajstić information content (AvgIpc) is 2.20. The molecule has 0 aliphatic rings. The summed E-state index contributed by atoms with van der Waals surface area (Å²) in [4.78, 5) is 0. The molecular weight excluding hydrogens is 283 g/mol. The van der Waals surface area contributed by atoms with Crippen molar-refractivity contribution in [3.05, 3.63) is 34.1 Å². The molecule has 0 saturated carbocycles. The minimum atomic E-state index is -0.757. The highest BCUT2D eigenvalue weighted by Gasteiger charge is 2.29. The molecule has 1 N–H and O–H groups in total. The van der Waals surface area contributed by atoms with Crippen LogP contribution in [0.2, 0.25) is 0 Å². The molecule has 1 aromatic carbocycles. The Morgan fingerprint density at radius 2 is 1.65 bits per heavy atom. The van der Waals surface area contributed by atoms with Crippen molar-refractivity contribution in [3.8, 4) is 0 Å². The molecule has 0 bridgehead atoms. The van der Waals surface area contributed by atoms with Gasteiger partial charge >= 0.3 is 0 Å². The van der Waals surface area contributed by atoms with Gasteiger partial charge in [-0.1, -0.05) is 39.8 Å². The van der Waals surface area contributed by atoms with Crippen molar-refractivity contribution in [2.45, 2.75) is 33.8 Å². The summed E-state index contributed by atoms with van der Waals surface area (Å²) < 4.78 is 14.3. The third kappa shape index (κ3) is 3.29. The molecule has 1 unspecified atom stereocenters. The highest BCUT2D eigenvalue weighted by Crippen LogP contribution is 2.36. The van der Waals surface area contributed by atoms with Crippen molar-refractivity contribution in [3.63, 3.8) is 0 Å². The first kappa shape index (κ1) is 14.7. The van der Waals surface area contributed by atoms with Crippen LogP contribution < -0.4 is 0 Å². The van der Waals surface area contributed by atoms with Crippen LogP contribution in [-0.2, 0) is 0 Å². The standard InChI is InChI=1S/C14H20BrFO/c1-8(2)12(9(3)4)14(17)10-6-5-7-11(15)13(10)16/h5-9,12,14,17H,1-4H3. The lowest BCUT2D eigenvalue weighted by Crippen LogP contribution is -2.24. The highest BCUT2D eigenvalue weighted by atomic mass is 79.9. The number of halogens is 2. The molecule has 1 nitrogen and oxygen atoms in total. The molecule has 0 heterocycles. The van der Waals surface area contributed by atoms with Gasteiger partial charge in [-0.15, -0.1) is 0 Å². The molecule has 96 valence electrons. The Balaban J connectivity index is 3.09. The Bertz CT molecular complexity index is 368. The van der Waals surface area contributed by atoms with Gasteiger partial charge in [0.25, 0.3) is 0 Å². The van der Waals surface area contributed by atoms with E-state index in [0.29, 0.717) is 21.9 Å². The Morgan fingerprint density at radius 3 is 2.12 bits per heavy atom. The second-order valence-electron chi connectivity index (χ2n) is 5.15. The molecule has 0 aliphatic heterocycles. The summed E-state index contributed by atoms with van der Waals surface area (Å²) in [5.74, 6) is 0.317. The van der Waals surface area contributed by atoms with E-state index in [1.807, 2.05) is 0 Å². The first-order valence-electron chi connectivity index (χ1n) is 5.98. The van der Waals surface area contributed by atoms with E-state index >= 15 is 0 Å². The van der Waals surface area contributed by atoms with E-state index in [2.05, 4.69) is 43.6 Å². The SMILES string of the molecule is CC(C)C(C(C)C)C(O)c1cccc(Br)c1F. The maximum atomic E-state index is 13.9. The van der Waals surface area contributed by atoms with E-state index in [4.69, 9.17) is 0 Å². The molecule has 0 aromatic heterocycles. The van der Waals surface area contributed by atoms with Gasteiger partial charge in [0.1, 0.15) is 5.82 Å². The van der Waals surface area contributed by atoms with Gasteiger partial charge in [0.05, 0.1) is 10.6 Å². The van der Waals surface area contributed by atoms with Gasteiger partial charge in [-0.3, -0.25) is 0 Å². The maximum absolute atomic E-state index is 13.9. The summed E-state index contributed by atoms with van der Waals surface area (Å²) >= 11 is 3.15. The third-order valence-corrected chi connectivity index (χ3v) is 3.82. The van der Waals surface area contributed by atoms with E-state index in [0.717, 1.165) is 0 Å². The summed E-state index contributed by atoms with van der Waals surface area (Å²) in [7, 11) is 0. The molecule has 0 fully saturated rings. The minimum Gasteiger partial charge on any atom is -0.388 e. The minimum absolute atomic E-state index is 0.0544. The summed E-state index contributed by atoms with van der Waals surface area (Å²) in [6, 6.07) is 5.05.